The molecule has 0 aromatic carbocycles. The predicted octanol–water partition coefficient (Wildman–Crippen LogP) is 2.04. The molecule has 0 bridgehead atoms. The van der Waals surface area contributed by atoms with Gasteiger partial charge in [0.25, 0.3) is 0 Å². The fourth-order valence-electron chi connectivity index (χ4n) is 0.963. The maximum atomic E-state index is 10.9. The second-order valence-corrected chi connectivity index (χ2v) is 5.01. The smallest absolute Gasteiger partial charge is 0.327 e. The van der Waals surface area contributed by atoms with Crippen molar-refractivity contribution < 1.29 is 9.90 Å². The van der Waals surface area contributed by atoms with Gasteiger partial charge in [-0.25, -0.2) is 9.78 Å². The molecule has 16 heavy (non-hydrogen) atoms. The van der Waals surface area contributed by atoms with Crippen molar-refractivity contribution in [2.24, 2.45) is 4.58 Å². The molecule has 0 radical (unpaired) electrons. The van der Waals surface area contributed by atoms with Crippen molar-refractivity contribution in [3.63, 3.8) is 0 Å². The first-order chi connectivity index (χ1) is 7.54. The largest absolute Gasteiger partial charge is 0.480 e. The first-order valence-electron chi connectivity index (χ1n) is 4.42. The standard InChI is InChI=1S/C8H11N3O3S2/c1-4-5(2)16-8(9-4)10-6(7(12)13)3-15-11-14/h6H,3H2,1-2H3,(H,9,10)(H,12,13). The number of nitrogens with zero attached hydrogens (tertiary/aromatic N) is 2. The molecule has 0 aliphatic carbocycles. The molecule has 8 heteroatoms. The number of rotatable bonds is 6. The van der Waals surface area contributed by atoms with Gasteiger partial charge in [-0.1, -0.05) is 0 Å². The molecule has 1 unspecified atom stereocenters. The Morgan fingerprint density at radius 2 is 2.38 bits per heavy atom. The van der Waals surface area contributed by atoms with E-state index in [1.54, 1.807) is 0 Å². The second kappa shape index (κ2) is 5.80. The number of carbonyl (C=O) groups is 1. The molecule has 1 aromatic rings. The van der Waals surface area contributed by atoms with Crippen LogP contribution in [0.3, 0.4) is 0 Å². The molecule has 0 spiro atoms. The molecule has 2 N–H and O–H groups in total. The van der Waals surface area contributed by atoms with Gasteiger partial charge in [0, 0.05) is 27.2 Å². The van der Waals surface area contributed by atoms with E-state index in [1.165, 1.54) is 11.3 Å². The van der Waals surface area contributed by atoms with Gasteiger partial charge in [-0.05, 0) is 13.8 Å². The zero-order valence-corrected chi connectivity index (χ0v) is 10.4. The van der Waals surface area contributed by atoms with E-state index in [-0.39, 0.29) is 5.75 Å². The minimum Gasteiger partial charge on any atom is -0.480 e. The summed E-state index contributed by atoms with van der Waals surface area (Å²) < 4.78 is 2.57. The summed E-state index contributed by atoms with van der Waals surface area (Å²) in [4.78, 5) is 26.0. The van der Waals surface area contributed by atoms with Crippen LogP contribution < -0.4 is 5.32 Å². The van der Waals surface area contributed by atoms with Crippen LogP contribution >= 0.6 is 23.3 Å². The van der Waals surface area contributed by atoms with Gasteiger partial charge in [0.05, 0.1) is 5.69 Å². The van der Waals surface area contributed by atoms with E-state index in [9.17, 15) is 9.70 Å². The third kappa shape index (κ3) is 3.46. The Balaban J connectivity index is 2.67. The Hall–Kier alpha value is -1.15. The van der Waals surface area contributed by atoms with Crippen molar-refractivity contribution in [3.8, 4) is 0 Å². The zero-order valence-electron chi connectivity index (χ0n) is 8.76. The lowest BCUT2D eigenvalue weighted by Gasteiger charge is -2.10. The van der Waals surface area contributed by atoms with Crippen LogP contribution in [0.2, 0.25) is 0 Å². The topological polar surface area (TPSA) is 91.7 Å². The van der Waals surface area contributed by atoms with E-state index in [0.29, 0.717) is 17.1 Å². The van der Waals surface area contributed by atoms with Gasteiger partial charge in [-0.2, -0.15) is 0 Å². The maximum absolute atomic E-state index is 10.9. The van der Waals surface area contributed by atoms with E-state index in [0.717, 1.165) is 10.6 Å². The van der Waals surface area contributed by atoms with Crippen molar-refractivity contribution in [2.45, 2.75) is 19.9 Å². The molecule has 0 aliphatic heterocycles. The van der Waals surface area contributed by atoms with Gasteiger partial charge < -0.3 is 10.4 Å². The van der Waals surface area contributed by atoms with E-state index in [2.05, 4.69) is 14.9 Å². The van der Waals surface area contributed by atoms with Crippen LogP contribution in [0.15, 0.2) is 4.58 Å². The van der Waals surface area contributed by atoms with Crippen molar-refractivity contribution in [1.82, 2.24) is 4.98 Å². The quantitative estimate of drug-likeness (QED) is 0.601. The van der Waals surface area contributed by atoms with Crippen LogP contribution in [0.4, 0.5) is 5.13 Å². The lowest BCUT2D eigenvalue weighted by atomic mass is 10.3. The average molecular weight is 261 g/mol. The number of carboxylic acids is 1. The molecule has 0 fully saturated rings. The average Bonchev–Trinajstić information content (AvgIpc) is 2.52. The Labute approximate surface area is 101 Å². The van der Waals surface area contributed by atoms with E-state index >= 15 is 0 Å². The highest BCUT2D eigenvalue weighted by Crippen LogP contribution is 2.22. The zero-order chi connectivity index (χ0) is 12.1. The summed E-state index contributed by atoms with van der Waals surface area (Å²) in [5.41, 5.74) is 0.873. The van der Waals surface area contributed by atoms with Crippen LogP contribution in [0, 0.1) is 18.8 Å². The summed E-state index contributed by atoms with van der Waals surface area (Å²) in [6.07, 6.45) is 0. The van der Waals surface area contributed by atoms with Gasteiger partial charge in [0.15, 0.2) is 5.13 Å². The third-order valence-corrected chi connectivity index (χ3v) is 3.51. The molecule has 0 amide bonds. The fourth-order valence-corrected chi connectivity index (χ4v) is 2.27. The summed E-state index contributed by atoms with van der Waals surface area (Å²) >= 11 is 2.07. The van der Waals surface area contributed by atoms with Crippen molar-refractivity contribution >= 4 is 34.4 Å². The third-order valence-electron chi connectivity index (χ3n) is 1.92. The lowest BCUT2D eigenvalue weighted by molar-refractivity contribution is -0.137. The SMILES string of the molecule is Cc1nc(NC(CSN=O)C(=O)O)sc1C. The van der Waals surface area contributed by atoms with Crippen molar-refractivity contribution in [3.05, 3.63) is 15.5 Å². The number of hydrogen-bond donors (Lipinski definition) is 2. The summed E-state index contributed by atoms with van der Waals surface area (Å²) in [5, 5.41) is 12.2. The highest BCUT2D eigenvalue weighted by Gasteiger charge is 2.19. The number of aliphatic carboxylic acids is 1. The molecule has 88 valence electrons. The van der Waals surface area contributed by atoms with Gasteiger partial charge in [0.2, 0.25) is 0 Å². The Morgan fingerprint density at radius 3 is 2.81 bits per heavy atom. The minimum atomic E-state index is -1.03. The van der Waals surface area contributed by atoms with Gasteiger partial charge in [-0.3, -0.25) is 0 Å². The molecule has 6 nitrogen and oxygen atoms in total. The van der Waals surface area contributed by atoms with Crippen LogP contribution in [0.5, 0.6) is 0 Å². The highest BCUT2D eigenvalue weighted by atomic mass is 32.2. The van der Waals surface area contributed by atoms with E-state index in [1.807, 2.05) is 13.8 Å². The second-order valence-electron chi connectivity index (χ2n) is 3.07. The Morgan fingerprint density at radius 1 is 1.69 bits per heavy atom. The number of aryl methyl sites for hydroxylation is 2. The number of anilines is 1. The molecule has 1 aromatic heterocycles. The normalized spacial score (nSPS) is 12.1. The van der Waals surface area contributed by atoms with Gasteiger partial charge in [0.1, 0.15) is 6.04 Å². The molecular weight excluding hydrogens is 250 g/mol. The summed E-state index contributed by atoms with van der Waals surface area (Å²) in [6, 6.07) is -0.854. The maximum Gasteiger partial charge on any atom is 0.327 e. The predicted molar refractivity (Wildman–Crippen MR) is 64.9 cm³/mol. The van der Waals surface area contributed by atoms with Crippen LogP contribution in [-0.4, -0.2) is 27.9 Å². The molecular formula is C8H11N3O3S2. The molecule has 0 saturated heterocycles. The molecule has 1 rings (SSSR count). The highest BCUT2D eigenvalue weighted by molar-refractivity contribution is 7.97. The number of aromatic nitrogens is 1. The van der Waals surface area contributed by atoms with Gasteiger partial charge in [-0.15, -0.1) is 16.2 Å². The first kappa shape index (κ1) is 12.9. The summed E-state index contributed by atoms with van der Waals surface area (Å²) in [5.74, 6) is -0.946. The number of nitrogens with one attached hydrogen (secondary N) is 1. The summed E-state index contributed by atoms with van der Waals surface area (Å²) in [6.45, 7) is 3.77. The molecule has 1 heterocycles. The molecule has 0 aliphatic rings. The van der Waals surface area contributed by atoms with Crippen LogP contribution in [0.25, 0.3) is 0 Å². The Bertz CT molecular complexity index is 374. The van der Waals surface area contributed by atoms with Crippen LogP contribution in [0.1, 0.15) is 10.6 Å². The van der Waals surface area contributed by atoms with E-state index in [4.69, 9.17) is 5.11 Å². The lowest BCUT2D eigenvalue weighted by Crippen LogP contribution is -2.31. The first-order valence-corrected chi connectivity index (χ1v) is 6.18. The molecule has 1 atom stereocenters. The number of nitroso groups, excluding NO2 is 1. The minimum absolute atomic E-state index is 0.0799. The summed E-state index contributed by atoms with van der Waals surface area (Å²) in [7, 11) is 0. The van der Waals surface area contributed by atoms with Gasteiger partial charge >= 0.3 is 5.97 Å². The van der Waals surface area contributed by atoms with Crippen LogP contribution in [-0.2, 0) is 4.79 Å². The Kier molecular flexibility index (Phi) is 4.69. The monoisotopic (exact) mass is 261 g/mol. The van der Waals surface area contributed by atoms with E-state index < -0.39 is 12.0 Å². The number of carboxylic acid groups (broad SMARTS) is 1. The van der Waals surface area contributed by atoms with Crippen molar-refractivity contribution in [2.75, 3.05) is 11.1 Å². The number of thiazole rings is 1. The molecule has 0 saturated carbocycles. The fraction of sp³-hybridized carbons (Fsp3) is 0.500. The van der Waals surface area contributed by atoms with Crippen molar-refractivity contribution in [1.29, 1.82) is 0 Å². The number of hydrogen-bond acceptors (Lipinski definition) is 7.